The van der Waals surface area contributed by atoms with E-state index in [2.05, 4.69) is 20.5 Å². The second kappa shape index (κ2) is 9.17. The summed E-state index contributed by atoms with van der Waals surface area (Å²) in [4.78, 5) is -0.265. The molecule has 0 saturated carbocycles. The third kappa shape index (κ3) is 4.38. The van der Waals surface area contributed by atoms with E-state index in [1.807, 2.05) is 36.4 Å². The van der Waals surface area contributed by atoms with Gasteiger partial charge in [0.25, 0.3) is 10.1 Å². The van der Waals surface area contributed by atoms with Gasteiger partial charge in [0, 0.05) is 16.2 Å². The van der Waals surface area contributed by atoms with Crippen LogP contribution in [0.25, 0.3) is 21.5 Å². The lowest BCUT2D eigenvalue weighted by Crippen LogP contribution is -1.98. The summed E-state index contributed by atoms with van der Waals surface area (Å²) in [5.41, 5.74) is 0.710. The third-order valence-corrected chi connectivity index (χ3v) is 6.45. The minimum absolute atomic E-state index is 0.0706. The average molecular weight is 499 g/mol. The molecule has 0 atom stereocenters. The highest BCUT2D eigenvalue weighted by molar-refractivity contribution is 7.86. The van der Waals surface area contributed by atoms with Gasteiger partial charge in [0.1, 0.15) is 16.3 Å². The molecular formula is C26H18N4O5S. The van der Waals surface area contributed by atoms with Crippen molar-refractivity contribution in [2.75, 3.05) is 0 Å². The minimum Gasteiger partial charge on any atom is -0.505 e. The van der Waals surface area contributed by atoms with Crippen LogP contribution in [0.3, 0.4) is 0 Å². The van der Waals surface area contributed by atoms with Crippen molar-refractivity contribution in [2.24, 2.45) is 20.5 Å². The van der Waals surface area contributed by atoms with Gasteiger partial charge in [0.15, 0.2) is 11.4 Å². The summed E-state index contributed by atoms with van der Waals surface area (Å²) in [5.74, 6) is -0.763. The van der Waals surface area contributed by atoms with Crippen molar-refractivity contribution >= 4 is 54.4 Å². The lowest BCUT2D eigenvalue weighted by Gasteiger charge is -2.07. The molecule has 0 aliphatic heterocycles. The van der Waals surface area contributed by atoms with E-state index in [9.17, 15) is 23.2 Å². The van der Waals surface area contributed by atoms with E-state index in [1.54, 1.807) is 24.3 Å². The Hall–Kier alpha value is -4.67. The first-order valence-electron chi connectivity index (χ1n) is 10.7. The summed E-state index contributed by atoms with van der Waals surface area (Å²) >= 11 is 0. The molecule has 5 aromatic carbocycles. The molecule has 10 heteroatoms. The van der Waals surface area contributed by atoms with Gasteiger partial charge >= 0.3 is 0 Å². The second-order valence-electron chi connectivity index (χ2n) is 7.80. The largest absolute Gasteiger partial charge is 0.505 e. The van der Waals surface area contributed by atoms with Crippen LogP contribution in [0.1, 0.15) is 0 Å². The van der Waals surface area contributed by atoms with Crippen LogP contribution >= 0.6 is 0 Å². The van der Waals surface area contributed by atoms with Crippen LogP contribution in [0.15, 0.2) is 116 Å². The first-order valence-corrected chi connectivity index (χ1v) is 12.1. The summed E-state index contributed by atoms with van der Waals surface area (Å²) in [7, 11) is -4.45. The van der Waals surface area contributed by atoms with Crippen molar-refractivity contribution in [3.8, 4) is 11.5 Å². The van der Waals surface area contributed by atoms with Gasteiger partial charge in [-0.3, -0.25) is 4.55 Å². The Kier molecular flexibility index (Phi) is 5.88. The Balaban J connectivity index is 1.53. The molecule has 0 saturated heterocycles. The SMILES string of the molecule is O=S(=O)(O)c1ccc(/N=N/c2c(O)ccc(/N=N/c3cccc4ccccc34)c2O)c2ccccc12. The molecule has 0 spiro atoms. The van der Waals surface area contributed by atoms with Crippen LogP contribution < -0.4 is 0 Å². The summed E-state index contributed by atoms with van der Waals surface area (Å²) in [6.45, 7) is 0. The van der Waals surface area contributed by atoms with E-state index in [-0.39, 0.29) is 33.1 Å². The smallest absolute Gasteiger partial charge is 0.295 e. The van der Waals surface area contributed by atoms with E-state index in [0.29, 0.717) is 11.1 Å². The molecule has 0 unspecified atom stereocenters. The summed E-state index contributed by atoms with van der Waals surface area (Å²) < 4.78 is 32.9. The Labute approximate surface area is 205 Å². The molecule has 178 valence electrons. The summed E-state index contributed by atoms with van der Waals surface area (Å²) in [5, 5.41) is 40.0. The predicted molar refractivity (Wildman–Crippen MR) is 136 cm³/mol. The fourth-order valence-electron chi connectivity index (χ4n) is 3.81. The molecule has 0 amide bonds. The number of phenolic OH excluding ortho intramolecular Hbond substituents is 2. The molecule has 0 heterocycles. The van der Waals surface area contributed by atoms with Gasteiger partial charge in [-0.25, -0.2) is 0 Å². The highest BCUT2D eigenvalue weighted by atomic mass is 32.2. The fourth-order valence-corrected chi connectivity index (χ4v) is 4.51. The van der Waals surface area contributed by atoms with Gasteiger partial charge in [-0.15, -0.1) is 20.5 Å². The average Bonchev–Trinajstić information content (AvgIpc) is 2.87. The maximum atomic E-state index is 11.7. The molecule has 5 aromatic rings. The van der Waals surface area contributed by atoms with Gasteiger partial charge in [-0.05, 0) is 35.7 Å². The van der Waals surface area contributed by atoms with Gasteiger partial charge in [0.2, 0.25) is 0 Å². The first-order chi connectivity index (χ1) is 17.3. The van der Waals surface area contributed by atoms with Crippen LogP contribution in [0.4, 0.5) is 22.7 Å². The molecule has 0 fully saturated rings. The monoisotopic (exact) mass is 498 g/mol. The van der Waals surface area contributed by atoms with Gasteiger partial charge in [0.05, 0.1) is 11.4 Å². The van der Waals surface area contributed by atoms with E-state index < -0.39 is 15.9 Å². The number of benzene rings is 5. The fraction of sp³-hybridized carbons (Fsp3) is 0. The molecule has 36 heavy (non-hydrogen) atoms. The lowest BCUT2D eigenvalue weighted by atomic mass is 10.1. The Morgan fingerprint density at radius 1 is 0.556 bits per heavy atom. The minimum atomic E-state index is -4.45. The van der Waals surface area contributed by atoms with Crippen molar-refractivity contribution < 1.29 is 23.2 Å². The molecule has 0 radical (unpaired) electrons. The number of hydrogen-bond acceptors (Lipinski definition) is 8. The normalized spacial score (nSPS) is 12.2. The quantitative estimate of drug-likeness (QED) is 0.170. The van der Waals surface area contributed by atoms with Crippen molar-refractivity contribution in [3.63, 3.8) is 0 Å². The third-order valence-electron chi connectivity index (χ3n) is 5.54. The van der Waals surface area contributed by atoms with E-state index in [1.165, 1.54) is 30.3 Å². The maximum Gasteiger partial charge on any atom is 0.295 e. The van der Waals surface area contributed by atoms with Crippen molar-refractivity contribution in [1.82, 2.24) is 0 Å². The molecule has 3 N–H and O–H groups in total. The van der Waals surface area contributed by atoms with Crippen LogP contribution in [-0.4, -0.2) is 23.2 Å². The maximum absolute atomic E-state index is 11.7. The van der Waals surface area contributed by atoms with Gasteiger partial charge in [-0.2, -0.15) is 8.42 Å². The second-order valence-corrected chi connectivity index (χ2v) is 9.19. The highest BCUT2D eigenvalue weighted by Crippen LogP contribution is 2.44. The number of fused-ring (bicyclic) bond motifs is 2. The number of aromatic hydroxyl groups is 2. The van der Waals surface area contributed by atoms with Crippen LogP contribution in [0.2, 0.25) is 0 Å². The van der Waals surface area contributed by atoms with Gasteiger partial charge < -0.3 is 10.2 Å². The molecule has 9 nitrogen and oxygen atoms in total. The zero-order valence-corrected chi connectivity index (χ0v) is 19.3. The van der Waals surface area contributed by atoms with Crippen molar-refractivity contribution in [1.29, 1.82) is 0 Å². The molecule has 0 aromatic heterocycles. The van der Waals surface area contributed by atoms with Gasteiger partial charge in [-0.1, -0.05) is 60.7 Å². The van der Waals surface area contributed by atoms with Crippen LogP contribution in [0.5, 0.6) is 11.5 Å². The first kappa shape index (κ1) is 23.1. The Morgan fingerprint density at radius 3 is 1.92 bits per heavy atom. The molecule has 0 aliphatic rings. The zero-order valence-electron chi connectivity index (χ0n) is 18.5. The van der Waals surface area contributed by atoms with Crippen LogP contribution in [0, 0.1) is 0 Å². The van der Waals surface area contributed by atoms with Crippen molar-refractivity contribution in [3.05, 3.63) is 91.0 Å². The molecular weight excluding hydrogens is 480 g/mol. The number of rotatable bonds is 5. The van der Waals surface area contributed by atoms with E-state index in [0.717, 1.165) is 10.8 Å². The molecule has 5 rings (SSSR count). The Bertz CT molecular complexity index is 1790. The summed E-state index contributed by atoms with van der Waals surface area (Å²) in [6, 6.07) is 25.0. The number of phenols is 2. The summed E-state index contributed by atoms with van der Waals surface area (Å²) in [6.07, 6.45) is 0. The lowest BCUT2D eigenvalue weighted by molar-refractivity contribution is 0.453. The highest BCUT2D eigenvalue weighted by Gasteiger charge is 2.16. The van der Waals surface area contributed by atoms with E-state index >= 15 is 0 Å². The van der Waals surface area contributed by atoms with Crippen molar-refractivity contribution in [2.45, 2.75) is 4.90 Å². The topological polar surface area (TPSA) is 144 Å². The Morgan fingerprint density at radius 2 is 1.14 bits per heavy atom. The van der Waals surface area contributed by atoms with Crippen LogP contribution in [-0.2, 0) is 10.1 Å². The zero-order chi connectivity index (χ0) is 25.3. The standard InChI is InChI=1S/C26H18N4O5S/c31-23-14-12-22(29-27-20-11-5-7-16-6-1-2-8-17(16)20)26(32)25(23)30-28-21-13-15-24(36(33,34)35)19-10-4-3-9-18(19)21/h1-15,31-32H,(H,33,34,35)/b29-27+,30-28+. The number of hydrogen-bond donors (Lipinski definition) is 3. The van der Waals surface area contributed by atoms with E-state index in [4.69, 9.17) is 0 Å². The number of azo groups is 2. The predicted octanol–water partition coefficient (Wildman–Crippen LogP) is 7.48. The molecule has 0 aliphatic carbocycles. The number of nitrogens with zero attached hydrogens (tertiary/aromatic N) is 4. The molecule has 0 bridgehead atoms.